The Morgan fingerprint density at radius 2 is 1.62 bits per heavy atom. The van der Waals surface area contributed by atoms with Crippen LogP contribution in [0.2, 0.25) is 5.02 Å². The van der Waals surface area contributed by atoms with E-state index in [-0.39, 0.29) is 16.2 Å². The van der Waals surface area contributed by atoms with E-state index in [1.54, 1.807) is 36.4 Å². The number of ether oxygens (including phenoxy) is 2. The molecule has 0 unspecified atom stereocenters. The summed E-state index contributed by atoms with van der Waals surface area (Å²) in [4.78, 5) is 12.6. The lowest BCUT2D eigenvalue weighted by Crippen LogP contribution is -2.18. The molecule has 0 heterocycles. The second kappa shape index (κ2) is 11.5. The summed E-state index contributed by atoms with van der Waals surface area (Å²) < 4.78 is 41.5. The molecule has 0 aliphatic heterocycles. The van der Waals surface area contributed by atoms with Crippen LogP contribution in [0.15, 0.2) is 76.7 Å². The molecule has 0 saturated carbocycles. The van der Waals surface area contributed by atoms with Gasteiger partial charge < -0.3 is 13.7 Å². The third kappa shape index (κ3) is 6.49. The van der Waals surface area contributed by atoms with Crippen molar-refractivity contribution in [2.24, 2.45) is 5.10 Å². The molecule has 0 bridgehead atoms. The van der Waals surface area contributed by atoms with Gasteiger partial charge in [-0.25, -0.2) is 5.43 Å². The second-order valence-electron chi connectivity index (χ2n) is 6.76. The number of hydrazone groups is 1. The fourth-order valence-electron chi connectivity index (χ4n) is 2.87. The van der Waals surface area contributed by atoms with Gasteiger partial charge in [0.2, 0.25) is 0 Å². The maximum absolute atomic E-state index is 12.6. The Hall–Kier alpha value is -3.56. The fraction of sp³-hybridized carbons (Fsp3) is 0.167. The zero-order chi connectivity index (χ0) is 24.6. The average Bonchev–Trinajstić information content (AvgIpc) is 2.82. The number of benzene rings is 3. The Morgan fingerprint density at radius 3 is 2.32 bits per heavy atom. The summed E-state index contributed by atoms with van der Waals surface area (Å²) in [5, 5.41) is 4.26. The Morgan fingerprint density at radius 1 is 0.941 bits per heavy atom. The molecule has 0 aliphatic carbocycles. The predicted octanol–water partition coefficient (Wildman–Crippen LogP) is 4.67. The third-order valence-corrected chi connectivity index (χ3v) is 5.86. The topological polar surface area (TPSA) is 103 Å². The van der Waals surface area contributed by atoms with E-state index in [4.69, 9.17) is 25.3 Å². The number of carbonyl (C=O) groups excluding carboxylic acids is 1. The van der Waals surface area contributed by atoms with Crippen LogP contribution in [-0.4, -0.2) is 33.8 Å². The minimum Gasteiger partial charge on any atom is -0.490 e. The van der Waals surface area contributed by atoms with E-state index in [1.807, 2.05) is 13.8 Å². The van der Waals surface area contributed by atoms with Crippen molar-refractivity contribution in [3.8, 4) is 17.2 Å². The van der Waals surface area contributed by atoms with Crippen LogP contribution >= 0.6 is 11.6 Å². The van der Waals surface area contributed by atoms with Gasteiger partial charge in [0.15, 0.2) is 17.2 Å². The van der Waals surface area contributed by atoms with Crippen molar-refractivity contribution in [3.05, 3.63) is 82.9 Å². The minimum atomic E-state index is -4.07. The predicted molar refractivity (Wildman–Crippen MR) is 130 cm³/mol. The Balaban J connectivity index is 1.78. The van der Waals surface area contributed by atoms with E-state index >= 15 is 0 Å². The number of nitrogens with zero attached hydrogens (tertiary/aromatic N) is 1. The summed E-state index contributed by atoms with van der Waals surface area (Å²) in [5.74, 6) is 0.481. The van der Waals surface area contributed by atoms with E-state index in [9.17, 15) is 13.2 Å². The van der Waals surface area contributed by atoms with Crippen molar-refractivity contribution in [2.75, 3.05) is 13.2 Å². The van der Waals surface area contributed by atoms with Gasteiger partial charge in [0, 0.05) is 16.1 Å². The largest absolute Gasteiger partial charge is 0.490 e. The Kier molecular flexibility index (Phi) is 8.50. The molecule has 1 N–H and O–H groups in total. The lowest BCUT2D eigenvalue weighted by atomic mass is 10.2. The molecular formula is C24H23ClN2O6S. The van der Waals surface area contributed by atoms with Gasteiger partial charge >= 0.3 is 10.1 Å². The molecule has 0 aliphatic rings. The van der Waals surface area contributed by atoms with Gasteiger partial charge in [-0.15, -0.1) is 0 Å². The van der Waals surface area contributed by atoms with Gasteiger partial charge in [0.05, 0.1) is 19.4 Å². The highest BCUT2D eigenvalue weighted by atomic mass is 35.5. The summed E-state index contributed by atoms with van der Waals surface area (Å²) >= 11 is 6.05. The zero-order valence-electron chi connectivity index (χ0n) is 18.5. The minimum absolute atomic E-state index is 0.00161. The van der Waals surface area contributed by atoms with Crippen molar-refractivity contribution >= 4 is 33.8 Å². The standard InChI is InChI=1S/C24H23ClN2O6S/c1-3-31-22-12-10-17(15-23(22)32-4-2)24(28)27-26-16-18-14-19(25)11-13-21(18)33-34(29,30)20-8-6-5-7-9-20/h5-16H,3-4H2,1-2H3,(H,27,28)/b26-16+. The SMILES string of the molecule is CCOc1ccc(C(=O)N/N=C/c2cc(Cl)ccc2OS(=O)(=O)c2ccccc2)cc1OCC. The first-order chi connectivity index (χ1) is 16.3. The molecule has 3 aromatic carbocycles. The van der Waals surface area contributed by atoms with Gasteiger partial charge in [0.25, 0.3) is 5.91 Å². The van der Waals surface area contributed by atoms with E-state index in [2.05, 4.69) is 10.5 Å². The maximum Gasteiger partial charge on any atom is 0.339 e. The molecule has 3 aromatic rings. The fourth-order valence-corrected chi connectivity index (χ4v) is 4.02. The van der Waals surface area contributed by atoms with Crippen molar-refractivity contribution < 1.29 is 26.9 Å². The number of amides is 1. The number of carbonyl (C=O) groups is 1. The van der Waals surface area contributed by atoms with Gasteiger partial charge in [-0.05, 0) is 62.4 Å². The summed E-state index contributed by atoms with van der Waals surface area (Å²) in [7, 11) is -4.07. The molecule has 8 nitrogen and oxygen atoms in total. The zero-order valence-corrected chi connectivity index (χ0v) is 20.1. The second-order valence-corrected chi connectivity index (χ2v) is 8.74. The molecule has 178 valence electrons. The quantitative estimate of drug-likeness (QED) is 0.245. The van der Waals surface area contributed by atoms with Crippen LogP contribution in [0.3, 0.4) is 0 Å². The van der Waals surface area contributed by atoms with Crippen molar-refractivity contribution in [2.45, 2.75) is 18.7 Å². The highest BCUT2D eigenvalue weighted by molar-refractivity contribution is 7.87. The first-order valence-corrected chi connectivity index (χ1v) is 12.1. The number of nitrogens with one attached hydrogen (secondary N) is 1. The van der Waals surface area contributed by atoms with Crippen LogP contribution in [0.5, 0.6) is 17.2 Å². The first-order valence-electron chi connectivity index (χ1n) is 10.4. The molecule has 0 fully saturated rings. The normalized spacial score (nSPS) is 11.3. The number of hydrogen-bond acceptors (Lipinski definition) is 7. The Labute approximate surface area is 203 Å². The lowest BCUT2D eigenvalue weighted by molar-refractivity contribution is 0.0954. The van der Waals surface area contributed by atoms with Crippen LogP contribution in [0, 0.1) is 0 Å². The van der Waals surface area contributed by atoms with Crippen LogP contribution < -0.4 is 19.1 Å². The van der Waals surface area contributed by atoms with Gasteiger partial charge in [-0.2, -0.15) is 13.5 Å². The maximum atomic E-state index is 12.6. The first kappa shape index (κ1) is 25.1. The van der Waals surface area contributed by atoms with Crippen molar-refractivity contribution in [1.29, 1.82) is 0 Å². The summed E-state index contributed by atoms with van der Waals surface area (Å²) in [6.45, 7) is 4.55. The molecule has 34 heavy (non-hydrogen) atoms. The molecule has 3 rings (SSSR count). The third-order valence-electron chi connectivity index (χ3n) is 4.38. The molecule has 10 heteroatoms. The molecule has 1 amide bonds. The number of halogens is 1. The highest BCUT2D eigenvalue weighted by Gasteiger charge is 2.18. The summed E-state index contributed by atoms with van der Waals surface area (Å²) in [6.07, 6.45) is 1.25. The monoisotopic (exact) mass is 502 g/mol. The van der Waals surface area contributed by atoms with Crippen molar-refractivity contribution in [1.82, 2.24) is 5.43 Å². The van der Waals surface area contributed by atoms with E-state index in [0.29, 0.717) is 35.3 Å². The van der Waals surface area contributed by atoms with E-state index in [0.717, 1.165) is 0 Å². The molecular weight excluding hydrogens is 480 g/mol. The van der Waals surface area contributed by atoms with E-state index in [1.165, 1.54) is 36.5 Å². The molecule has 0 saturated heterocycles. The summed E-state index contributed by atoms with van der Waals surface area (Å²) in [6, 6.07) is 16.9. The van der Waals surface area contributed by atoms with Crippen LogP contribution in [0.4, 0.5) is 0 Å². The number of hydrogen-bond donors (Lipinski definition) is 1. The highest BCUT2D eigenvalue weighted by Crippen LogP contribution is 2.29. The lowest BCUT2D eigenvalue weighted by Gasteiger charge is -2.12. The van der Waals surface area contributed by atoms with Gasteiger partial charge in [-0.1, -0.05) is 29.8 Å². The van der Waals surface area contributed by atoms with E-state index < -0.39 is 16.0 Å². The van der Waals surface area contributed by atoms with Crippen LogP contribution in [0.1, 0.15) is 29.8 Å². The van der Waals surface area contributed by atoms with Crippen LogP contribution in [0.25, 0.3) is 0 Å². The molecule has 0 atom stereocenters. The molecule has 0 radical (unpaired) electrons. The summed E-state index contributed by atoms with van der Waals surface area (Å²) in [5.41, 5.74) is 2.96. The van der Waals surface area contributed by atoms with Gasteiger partial charge in [0.1, 0.15) is 4.90 Å². The molecule has 0 spiro atoms. The number of rotatable bonds is 10. The average molecular weight is 503 g/mol. The smallest absolute Gasteiger partial charge is 0.339 e. The molecule has 0 aromatic heterocycles. The Bertz CT molecular complexity index is 1280. The van der Waals surface area contributed by atoms with Crippen molar-refractivity contribution in [3.63, 3.8) is 0 Å². The van der Waals surface area contributed by atoms with Gasteiger partial charge in [-0.3, -0.25) is 4.79 Å². The van der Waals surface area contributed by atoms with Crippen LogP contribution in [-0.2, 0) is 10.1 Å².